The van der Waals surface area contributed by atoms with E-state index in [9.17, 15) is 22.8 Å². The predicted octanol–water partition coefficient (Wildman–Crippen LogP) is 0.831. The lowest BCUT2D eigenvalue weighted by Gasteiger charge is -2.07. The fourth-order valence-corrected chi connectivity index (χ4v) is 2.07. The summed E-state index contributed by atoms with van der Waals surface area (Å²) in [6, 6.07) is 6.79. The Bertz CT molecular complexity index is 984. The molecule has 0 amide bonds. The first-order chi connectivity index (χ1) is 13.9. The average molecular weight is 432 g/mol. The van der Waals surface area contributed by atoms with Crippen LogP contribution in [-0.2, 0) is 16.0 Å². The number of rotatable bonds is 7. The Morgan fingerprint density at radius 3 is 2.33 bits per heavy atom. The normalized spacial score (nSPS) is 10.6. The number of aromatic nitrogens is 1. The van der Waals surface area contributed by atoms with Crippen LogP contribution in [0.1, 0.15) is 12.0 Å². The van der Waals surface area contributed by atoms with Gasteiger partial charge in [0.25, 0.3) is 5.56 Å². The van der Waals surface area contributed by atoms with Gasteiger partial charge in [-0.1, -0.05) is 0 Å². The maximum atomic E-state index is 11.8. The summed E-state index contributed by atoms with van der Waals surface area (Å²) < 4.78 is 37.3. The molecule has 0 aliphatic heterocycles. The Morgan fingerprint density at radius 1 is 1.17 bits per heavy atom. The van der Waals surface area contributed by atoms with Gasteiger partial charge in [-0.05, 0) is 23.6 Å². The van der Waals surface area contributed by atoms with Crippen molar-refractivity contribution in [3.63, 3.8) is 0 Å². The number of aliphatic imine (C=N–C) groups is 1. The Morgan fingerprint density at radius 2 is 1.80 bits per heavy atom. The number of aliphatic carboxylic acids is 2. The molecule has 164 valence electrons. The van der Waals surface area contributed by atoms with Crippen molar-refractivity contribution >= 4 is 28.8 Å². The number of pyridine rings is 1. The van der Waals surface area contributed by atoms with Gasteiger partial charge in [0.1, 0.15) is 5.75 Å². The van der Waals surface area contributed by atoms with Crippen molar-refractivity contribution in [2.75, 3.05) is 13.2 Å². The number of aromatic amines is 1. The van der Waals surface area contributed by atoms with Crippen LogP contribution in [0.25, 0.3) is 10.9 Å². The van der Waals surface area contributed by atoms with E-state index in [1.54, 1.807) is 24.3 Å². The SMILES string of the molecule is NC(N)=NCCCOc1ccc2cc(CC(=O)O)c(=O)[nH]c2c1.O=C(O)C(F)(F)F. The van der Waals surface area contributed by atoms with Crippen LogP contribution < -0.4 is 21.8 Å². The van der Waals surface area contributed by atoms with Crippen LogP contribution in [-0.4, -0.2) is 52.4 Å². The fourth-order valence-electron chi connectivity index (χ4n) is 2.07. The van der Waals surface area contributed by atoms with Gasteiger partial charge < -0.3 is 31.4 Å². The zero-order chi connectivity index (χ0) is 22.9. The predicted molar refractivity (Wildman–Crippen MR) is 100 cm³/mol. The molecule has 2 rings (SSSR count). The van der Waals surface area contributed by atoms with Gasteiger partial charge in [0.15, 0.2) is 5.96 Å². The molecule has 0 atom stereocenters. The summed E-state index contributed by atoms with van der Waals surface area (Å²) in [7, 11) is 0. The molecule has 2 aromatic rings. The Kier molecular flexibility index (Phi) is 8.64. The van der Waals surface area contributed by atoms with Gasteiger partial charge in [-0.3, -0.25) is 14.6 Å². The first-order valence-electron chi connectivity index (χ1n) is 8.26. The van der Waals surface area contributed by atoms with Crippen molar-refractivity contribution in [3.8, 4) is 5.75 Å². The lowest BCUT2D eigenvalue weighted by atomic mass is 10.1. The molecule has 0 radical (unpaired) electrons. The molecule has 0 fully saturated rings. The second kappa shape index (κ2) is 10.7. The number of ether oxygens (including phenoxy) is 1. The number of nitrogens with one attached hydrogen (secondary N) is 1. The van der Waals surface area contributed by atoms with Crippen LogP contribution in [0.4, 0.5) is 13.2 Å². The summed E-state index contributed by atoms with van der Waals surface area (Å²) in [6.45, 7) is 0.912. The number of guanidine groups is 1. The number of alkyl halides is 3. The highest BCUT2D eigenvalue weighted by Gasteiger charge is 2.38. The second-order valence-electron chi connectivity index (χ2n) is 5.75. The molecule has 0 saturated carbocycles. The van der Waals surface area contributed by atoms with E-state index in [0.29, 0.717) is 30.8 Å². The average Bonchev–Trinajstić information content (AvgIpc) is 2.61. The minimum absolute atomic E-state index is 0.0467. The molecule has 0 spiro atoms. The molecule has 0 bridgehead atoms. The molecule has 1 aromatic heterocycles. The molecule has 1 aromatic carbocycles. The lowest BCUT2D eigenvalue weighted by Crippen LogP contribution is -2.23. The standard InChI is InChI=1S/C15H18N4O4.C2HF3O2/c16-15(17)18-4-1-5-23-11-3-2-9-6-10(7-13(20)21)14(22)19-12(9)8-11;3-2(4,5)1(6)7/h2-3,6,8H,1,4-5,7H2,(H,19,22)(H,20,21)(H4,16,17,18);(H,6,7). The zero-order valence-electron chi connectivity index (χ0n) is 15.4. The lowest BCUT2D eigenvalue weighted by molar-refractivity contribution is -0.192. The number of hydrogen-bond acceptors (Lipinski definition) is 5. The molecule has 10 nitrogen and oxygen atoms in total. The van der Waals surface area contributed by atoms with Crippen LogP contribution in [0.5, 0.6) is 5.75 Å². The number of carboxylic acids is 2. The monoisotopic (exact) mass is 432 g/mol. The summed E-state index contributed by atoms with van der Waals surface area (Å²) in [4.78, 5) is 38.0. The Labute approximate surface area is 167 Å². The van der Waals surface area contributed by atoms with Gasteiger partial charge in [-0.2, -0.15) is 13.2 Å². The highest BCUT2D eigenvalue weighted by Crippen LogP contribution is 2.19. The van der Waals surface area contributed by atoms with Crippen LogP contribution >= 0.6 is 0 Å². The van der Waals surface area contributed by atoms with E-state index in [-0.39, 0.29) is 17.9 Å². The van der Waals surface area contributed by atoms with Gasteiger partial charge >= 0.3 is 18.1 Å². The molecule has 1 heterocycles. The smallest absolute Gasteiger partial charge is 0.490 e. The van der Waals surface area contributed by atoms with E-state index in [0.717, 1.165) is 5.39 Å². The van der Waals surface area contributed by atoms with E-state index in [1.165, 1.54) is 0 Å². The van der Waals surface area contributed by atoms with Crippen LogP contribution in [0, 0.1) is 0 Å². The summed E-state index contributed by atoms with van der Waals surface area (Å²) in [5.41, 5.74) is 10.8. The number of fused-ring (bicyclic) bond motifs is 1. The number of carbonyl (C=O) groups is 2. The molecule has 0 saturated heterocycles. The van der Waals surface area contributed by atoms with Gasteiger partial charge in [0.2, 0.25) is 0 Å². The van der Waals surface area contributed by atoms with E-state index in [2.05, 4.69) is 9.98 Å². The van der Waals surface area contributed by atoms with Crippen molar-refractivity contribution < 1.29 is 37.7 Å². The minimum atomic E-state index is -5.08. The molecule has 7 N–H and O–H groups in total. The largest absolute Gasteiger partial charge is 0.493 e. The van der Waals surface area contributed by atoms with Crippen molar-refractivity contribution in [1.29, 1.82) is 0 Å². The number of nitrogens with zero attached hydrogens (tertiary/aromatic N) is 1. The molecule has 30 heavy (non-hydrogen) atoms. The molecule has 0 unspecified atom stereocenters. The zero-order valence-corrected chi connectivity index (χ0v) is 15.4. The van der Waals surface area contributed by atoms with Crippen molar-refractivity contribution in [1.82, 2.24) is 4.98 Å². The summed E-state index contributed by atoms with van der Waals surface area (Å²) in [6.07, 6.45) is -4.74. The van der Waals surface area contributed by atoms with Crippen LogP contribution in [0.3, 0.4) is 0 Å². The first kappa shape index (κ1) is 24.3. The van der Waals surface area contributed by atoms with E-state index >= 15 is 0 Å². The third-order valence-corrected chi connectivity index (χ3v) is 3.34. The van der Waals surface area contributed by atoms with Crippen molar-refractivity contribution in [2.24, 2.45) is 16.5 Å². The quantitative estimate of drug-likeness (QED) is 0.242. The highest BCUT2D eigenvalue weighted by molar-refractivity contribution is 5.81. The topological polar surface area (TPSA) is 181 Å². The fraction of sp³-hybridized carbons (Fsp3) is 0.294. The Balaban J connectivity index is 0.000000553. The molecular formula is C17H19F3N4O6. The Hall–Kier alpha value is -3.77. The maximum absolute atomic E-state index is 11.8. The highest BCUT2D eigenvalue weighted by atomic mass is 19.4. The number of nitrogens with two attached hydrogens (primary N) is 2. The summed E-state index contributed by atoms with van der Waals surface area (Å²) in [5, 5.41) is 16.7. The second-order valence-corrected chi connectivity index (χ2v) is 5.75. The first-order valence-corrected chi connectivity index (χ1v) is 8.26. The number of halogens is 3. The number of H-pyrrole nitrogens is 1. The van der Waals surface area contributed by atoms with Crippen LogP contribution in [0.2, 0.25) is 0 Å². The summed E-state index contributed by atoms with van der Waals surface area (Å²) >= 11 is 0. The molecule has 0 aliphatic rings. The van der Waals surface area contributed by atoms with E-state index in [4.69, 9.17) is 31.2 Å². The third kappa shape index (κ3) is 8.50. The van der Waals surface area contributed by atoms with E-state index in [1.807, 2.05) is 0 Å². The van der Waals surface area contributed by atoms with Gasteiger partial charge in [0, 0.05) is 24.6 Å². The minimum Gasteiger partial charge on any atom is -0.493 e. The number of benzene rings is 1. The number of carboxylic acid groups (broad SMARTS) is 2. The van der Waals surface area contributed by atoms with E-state index < -0.39 is 23.7 Å². The number of hydrogen-bond donors (Lipinski definition) is 5. The third-order valence-electron chi connectivity index (χ3n) is 3.34. The van der Waals surface area contributed by atoms with Gasteiger partial charge in [0.05, 0.1) is 18.5 Å². The summed E-state index contributed by atoms with van der Waals surface area (Å²) in [5.74, 6) is -3.16. The molecule has 13 heteroatoms. The van der Waals surface area contributed by atoms with Gasteiger partial charge in [-0.25, -0.2) is 4.79 Å². The molecule has 0 aliphatic carbocycles. The maximum Gasteiger partial charge on any atom is 0.490 e. The van der Waals surface area contributed by atoms with Gasteiger partial charge in [-0.15, -0.1) is 0 Å². The van der Waals surface area contributed by atoms with Crippen molar-refractivity contribution in [2.45, 2.75) is 19.0 Å². The molecular weight excluding hydrogens is 413 g/mol. The van der Waals surface area contributed by atoms with Crippen molar-refractivity contribution in [3.05, 3.63) is 40.2 Å². The van der Waals surface area contributed by atoms with Crippen LogP contribution in [0.15, 0.2) is 34.1 Å².